The molecule has 4 aromatic rings. The number of aromatic amines is 1. The summed E-state index contributed by atoms with van der Waals surface area (Å²) in [7, 11) is 1.68. The summed E-state index contributed by atoms with van der Waals surface area (Å²) in [6, 6.07) is 6.09. The van der Waals surface area contributed by atoms with Gasteiger partial charge in [-0.3, -0.25) is 9.59 Å². The van der Waals surface area contributed by atoms with Crippen molar-refractivity contribution in [1.29, 1.82) is 0 Å². The number of nitrogens with one attached hydrogen (secondary N) is 1. The Hall–Kier alpha value is -3.88. The summed E-state index contributed by atoms with van der Waals surface area (Å²) >= 11 is 0. The third kappa shape index (κ3) is 4.11. The SMILES string of the molecule is COc1ccc2[nH]cc(C3CCN(C(=O)CCc4c(C)nc5c(C(N)=O)cnn5c4C)CC3)c2c1. The average Bonchev–Trinajstić information content (AvgIpc) is 3.48. The lowest BCUT2D eigenvalue weighted by atomic mass is 9.89. The van der Waals surface area contributed by atoms with Gasteiger partial charge in [-0.1, -0.05) is 0 Å². The maximum absolute atomic E-state index is 13.0. The Morgan fingerprint density at radius 3 is 2.71 bits per heavy atom. The van der Waals surface area contributed by atoms with Gasteiger partial charge < -0.3 is 20.4 Å². The van der Waals surface area contributed by atoms with Gasteiger partial charge in [0, 0.05) is 48.0 Å². The van der Waals surface area contributed by atoms with Crippen molar-refractivity contribution in [3.63, 3.8) is 0 Å². The van der Waals surface area contributed by atoms with Crippen molar-refractivity contribution in [2.75, 3.05) is 20.2 Å². The van der Waals surface area contributed by atoms with E-state index in [1.165, 1.54) is 17.1 Å². The smallest absolute Gasteiger partial charge is 0.254 e. The van der Waals surface area contributed by atoms with Gasteiger partial charge in [0.15, 0.2) is 5.65 Å². The molecule has 2 amide bonds. The Balaban J connectivity index is 1.24. The van der Waals surface area contributed by atoms with Crippen molar-refractivity contribution in [2.45, 2.75) is 45.4 Å². The minimum Gasteiger partial charge on any atom is -0.497 e. The molecule has 5 rings (SSSR count). The van der Waals surface area contributed by atoms with E-state index in [0.717, 1.165) is 54.1 Å². The number of benzene rings is 1. The van der Waals surface area contributed by atoms with Crippen molar-refractivity contribution in [3.05, 3.63) is 58.7 Å². The van der Waals surface area contributed by atoms with Crippen molar-refractivity contribution >= 4 is 28.4 Å². The van der Waals surface area contributed by atoms with E-state index < -0.39 is 5.91 Å². The summed E-state index contributed by atoms with van der Waals surface area (Å²) in [4.78, 5) is 34.6. The van der Waals surface area contributed by atoms with E-state index in [2.05, 4.69) is 27.3 Å². The van der Waals surface area contributed by atoms with E-state index in [1.807, 2.05) is 30.9 Å². The van der Waals surface area contributed by atoms with Gasteiger partial charge in [0.25, 0.3) is 5.91 Å². The van der Waals surface area contributed by atoms with E-state index >= 15 is 0 Å². The fraction of sp³-hybridized carbons (Fsp3) is 0.385. The molecule has 1 aromatic carbocycles. The monoisotopic (exact) mass is 474 g/mol. The predicted octanol–water partition coefficient (Wildman–Crippen LogP) is 3.27. The quantitative estimate of drug-likeness (QED) is 0.445. The van der Waals surface area contributed by atoms with Crippen LogP contribution < -0.4 is 10.5 Å². The number of amides is 2. The minimum absolute atomic E-state index is 0.154. The molecule has 0 bridgehead atoms. The van der Waals surface area contributed by atoms with Crippen LogP contribution in [0.2, 0.25) is 0 Å². The number of nitrogens with two attached hydrogens (primary N) is 1. The average molecular weight is 475 g/mol. The summed E-state index contributed by atoms with van der Waals surface area (Å²) in [5.74, 6) is 0.867. The zero-order valence-corrected chi connectivity index (χ0v) is 20.3. The van der Waals surface area contributed by atoms with Crippen LogP contribution in [0.3, 0.4) is 0 Å². The number of primary amides is 1. The first-order valence-corrected chi connectivity index (χ1v) is 11.9. The molecular formula is C26H30N6O3. The van der Waals surface area contributed by atoms with Gasteiger partial charge in [-0.15, -0.1) is 0 Å². The maximum Gasteiger partial charge on any atom is 0.254 e. The second-order valence-electron chi connectivity index (χ2n) is 9.23. The molecule has 0 spiro atoms. The lowest BCUT2D eigenvalue weighted by Gasteiger charge is -2.32. The number of piperidine rings is 1. The van der Waals surface area contributed by atoms with E-state index in [1.54, 1.807) is 11.6 Å². The molecule has 0 aliphatic carbocycles. The highest BCUT2D eigenvalue weighted by molar-refractivity contribution is 5.98. The molecule has 35 heavy (non-hydrogen) atoms. The summed E-state index contributed by atoms with van der Waals surface area (Å²) in [6.07, 6.45) is 6.40. The fourth-order valence-electron chi connectivity index (χ4n) is 5.26. The number of carbonyl (C=O) groups excluding carboxylic acids is 2. The number of hydrogen-bond acceptors (Lipinski definition) is 5. The Labute approximate surface area is 203 Å². The van der Waals surface area contributed by atoms with Crippen LogP contribution in [-0.4, -0.2) is 56.5 Å². The van der Waals surface area contributed by atoms with Gasteiger partial charge >= 0.3 is 0 Å². The van der Waals surface area contributed by atoms with E-state index in [0.29, 0.717) is 30.0 Å². The second kappa shape index (κ2) is 9.05. The minimum atomic E-state index is -0.551. The molecule has 182 valence electrons. The fourth-order valence-corrected chi connectivity index (χ4v) is 5.26. The third-order valence-electron chi connectivity index (χ3n) is 7.27. The van der Waals surface area contributed by atoms with Crippen LogP contribution in [0.1, 0.15) is 58.1 Å². The van der Waals surface area contributed by atoms with Crippen molar-refractivity contribution in [2.24, 2.45) is 5.73 Å². The second-order valence-corrected chi connectivity index (χ2v) is 9.23. The Kier molecular flexibility index (Phi) is 5.92. The van der Waals surface area contributed by atoms with Crippen LogP contribution in [0.15, 0.2) is 30.6 Å². The normalized spacial score (nSPS) is 14.7. The number of aryl methyl sites for hydroxylation is 2. The lowest BCUT2D eigenvalue weighted by molar-refractivity contribution is -0.132. The standard InChI is InChI=1S/C26H30N6O3/c1-15-19(16(2)32-26(30-15)22(14-29-32)25(27)34)5-7-24(33)31-10-8-17(9-11-31)21-13-28-23-6-4-18(35-3)12-20(21)23/h4,6,12-14,17,28H,5,7-11H2,1-3H3,(H2,27,34). The number of ether oxygens (including phenoxy) is 1. The largest absolute Gasteiger partial charge is 0.497 e. The molecule has 3 N–H and O–H groups in total. The molecule has 0 saturated carbocycles. The molecule has 0 radical (unpaired) electrons. The zero-order valence-electron chi connectivity index (χ0n) is 20.3. The van der Waals surface area contributed by atoms with Crippen molar-refractivity contribution in [3.8, 4) is 5.75 Å². The van der Waals surface area contributed by atoms with Crippen LogP contribution in [0, 0.1) is 13.8 Å². The highest BCUT2D eigenvalue weighted by Crippen LogP contribution is 2.35. The maximum atomic E-state index is 13.0. The number of fused-ring (bicyclic) bond motifs is 2. The molecule has 9 heteroatoms. The first kappa shape index (κ1) is 22.9. The number of hydrogen-bond donors (Lipinski definition) is 2. The van der Waals surface area contributed by atoms with E-state index in [4.69, 9.17) is 10.5 Å². The van der Waals surface area contributed by atoms with Crippen LogP contribution in [-0.2, 0) is 11.2 Å². The molecule has 4 heterocycles. The molecule has 1 fully saturated rings. The number of likely N-dealkylation sites (tertiary alicyclic amines) is 1. The topological polar surface area (TPSA) is 119 Å². The number of nitrogens with zero attached hydrogens (tertiary/aromatic N) is 4. The van der Waals surface area contributed by atoms with Crippen molar-refractivity contribution in [1.82, 2.24) is 24.5 Å². The molecule has 1 aliphatic heterocycles. The molecule has 3 aromatic heterocycles. The summed E-state index contributed by atoms with van der Waals surface area (Å²) in [5, 5.41) is 5.47. The van der Waals surface area contributed by atoms with Gasteiger partial charge in [0.2, 0.25) is 5.91 Å². The van der Waals surface area contributed by atoms with Crippen LogP contribution in [0.5, 0.6) is 5.75 Å². The first-order valence-electron chi connectivity index (χ1n) is 11.9. The van der Waals surface area contributed by atoms with Crippen molar-refractivity contribution < 1.29 is 14.3 Å². The highest BCUT2D eigenvalue weighted by Gasteiger charge is 2.26. The first-order chi connectivity index (χ1) is 16.9. The molecule has 0 atom stereocenters. The molecule has 1 saturated heterocycles. The van der Waals surface area contributed by atoms with Crippen LogP contribution >= 0.6 is 0 Å². The van der Waals surface area contributed by atoms with Gasteiger partial charge in [-0.05, 0) is 68.4 Å². The van der Waals surface area contributed by atoms with Gasteiger partial charge in [0.05, 0.1) is 13.3 Å². The number of aromatic nitrogens is 4. The van der Waals surface area contributed by atoms with E-state index in [9.17, 15) is 9.59 Å². The predicted molar refractivity (Wildman–Crippen MR) is 133 cm³/mol. The summed E-state index contributed by atoms with van der Waals surface area (Å²) in [6.45, 7) is 5.32. The number of rotatable bonds is 6. The lowest BCUT2D eigenvalue weighted by Crippen LogP contribution is -2.38. The summed E-state index contributed by atoms with van der Waals surface area (Å²) < 4.78 is 7.03. The Morgan fingerprint density at radius 2 is 2.00 bits per heavy atom. The highest BCUT2D eigenvalue weighted by atomic mass is 16.5. The third-order valence-corrected chi connectivity index (χ3v) is 7.27. The van der Waals surface area contributed by atoms with Gasteiger partial charge in [-0.2, -0.15) is 5.10 Å². The van der Waals surface area contributed by atoms with Crippen LogP contribution in [0.4, 0.5) is 0 Å². The van der Waals surface area contributed by atoms with Gasteiger partial charge in [0.1, 0.15) is 11.3 Å². The van der Waals surface area contributed by atoms with E-state index in [-0.39, 0.29) is 5.91 Å². The molecular weight excluding hydrogens is 444 g/mol. The number of methoxy groups -OCH3 is 1. The number of H-pyrrole nitrogens is 1. The molecule has 1 aliphatic rings. The summed E-state index contributed by atoms with van der Waals surface area (Å²) in [5.41, 5.74) is 11.2. The molecule has 0 unspecified atom stereocenters. The van der Waals surface area contributed by atoms with Gasteiger partial charge in [-0.25, -0.2) is 9.50 Å². The zero-order chi connectivity index (χ0) is 24.7. The Bertz CT molecular complexity index is 1430. The van der Waals surface area contributed by atoms with Crippen LogP contribution in [0.25, 0.3) is 16.6 Å². The Morgan fingerprint density at radius 1 is 1.23 bits per heavy atom. The number of carbonyl (C=O) groups is 2. The molecule has 9 nitrogen and oxygen atoms in total.